The van der Waals surface area contributed by atoms with E-state index in [0.29, 0.717) is 5.92 Å². The van der Waals surface area contributed by atoms with Crippen molar-refractivity contribution in [2.75, 3.05) is 0 Å². The number of carbonyl (C=O) groups is 2. The topological polar surface area (TPSA) is 64.6 Å². The van der Waals surface area contributed by atoms with Gasteiger partial charge >= 0.3 is 12.6 Å². The number of amides is 1. The second kappa shape index (κ2) is 8.78. The molecule has 0 spiro atoms. The van der Waals surface area contributed by atoms with Crippen molar-refractivity contribution >= 4 is 11.9 Å². The highest BCUT2D eigenvalue weighted by atomic mass is 19.3. The highest BCUT2D eigenvalue weighted by Crippen LogP contribution is 2.24. The first-order valence-electron chi connectivity index (χ1n) is 8.43. The largest absolute Gasteiger partial charge is 0.449 e. The van der Waals surface area contributed by atoms with Crippen LogP contribution in [-0.2, 0) is 9.53 Å². The van der Waals surface area contributed by atoms with Crippen LogP contribution >= 0.6 is 0 Å². The average Bonchev–Trinajstić information content (AvgIpc) is 2.56. The van der Waals surface area contributed by atoms with E-state index >= 15 is 0 Å². The van der Waals surface area contributed by atoms with Gasteiger partial charge in [0.15, 0.2) is 6.10 Å². The fourth-order valence-electron chi connectivity index (χ4n) is 2.91. The molecule has 0 radical (unpaired) electrons. The Labute approximate surface area is 145 Å². The van der Waals surface area contributed by atoms with Crippen LogP contribution < -0.4 is 10.1 Å². The lowest BCUT2D eigenvalue weighted by Gasteiger charge is -2.30. The van der Waals surface area contributed by atoms with Gasteiger partial charge in [0.1, 0.15) is 5.75 Å². The number of nitrogens with one attached hydrogen (secondary N) is 1. The number of esters is 1. The van der Waals surface area contributed by atoms with Crippen LogP contribution in [0.3, 0.4) is 0 Å². The molecule has 7 heteroatoms. The Balaban J connectivity index is 1.91. The lowest BCUT2D eigenvalue weighted by Crippen LogP contribution is -2.45. The number of hydrogen-bond acceptors (Lipinski definition) is 4. The average molecular weight is 355 g/mol. The van der Waals surface area contributed by atoms with E-state index in [4.69, 9.17) is 4.74 Å². The number of rotatable bonds is 6. The Morgan fingerprint density at radius 3 is 2.64 bits per heavy atom. The van der Waals surface area contributed by atoms with Crippen LogP contribution in [0.15, 0.2) is 24.3 Å². The third-order valence-electron chi connectivity index (χ3n) is 4.39. The standard InChI is InChI=1S/C18H23F2NO4/c1-11-6-3-4-9-15(11)21-16(22)12(2)24-17(23)13-7-5-8-14(10-13)25-18(19)20/h5,7-8,10-12,15,18H,3-4,6,9H2,1-2H3,(H,21,22). The van der Waals surface area contributed by atoms with Gasteiger partial charge in [-0.2, -0.15) is 8.78 Å². The predicted molar refractivity (Wildman–Crippen MR) is 87.5 cm³/mol. The first-order chi connectivity index (χ1) is 11.9. The molecule has 0 aromatic heterocycles. The van der Waals surface area contributed by atoms with Crippen molar-refractivity contribution in [3.8, 4) is 5.75 Å². The molecule has 5 nitrogen and oxygen atoms in total. The molecule has 3 atom stereocenters. The lowest BCUT2D eigenvalue weighted by atomic mass is 9.86. The van der Waals surface area contributed by atoms with E-state index in [2.05, 4.69) is 17.0 Å². The fraction of sp³-hybridized carbons (Fsp3) is 0.556. The number of alkyl halides is 2. The van der Waals surface area contributed by atoms with E-state index in [1.807, 2.05) is 0 Å². The molecule has 1 N–H and O–H groups in total. The maximum Gasteiger partial charge on any atom is 0.387 e. The van der Waals surface area contributed by atoms with E-state index in [1.54, 1.807) is 0 Å². The van der Waals surface area contributed by atoms with Gasteiger partial charge in [-0.3, -0.25) is 4.79 Å². The quantitative estimate of drug-likeness (QED) is 0.793. The van der Waals surface area contributed by atoms with Crippen LogP contribution in [0.25, 0.3) is 0 Å². The van der Waals surface area contributed by atoms with Gasteiger partial charge in [-0.1, -0.05) is 25.8 Å². The zero-order valence-corrected chi connectivity index (χ0v) is 14.3. The van der Waals surface area contributed by atoms with Gasteiger partial charge in [0, 0.05) is 6.04 Å². The molecule has 1 aliphatic rings. The Bertz CT molecular complexity index is 608. The van der Waals surface area contributed by atoms with Gasteiger partial charge in [0.25, 0.3) is 5.91 Å². The van der Waals surface area contributed by atoms with Crippen molar-refractivity contribution in [1.82, 2.24) is 5.32 Å². The molecule has 0 heterocycles. The van der Waals surface area contributed by atoms with E-state index in [1.165, 1.54) is 25.1 Å². The summed E-state index contributed by atoms with van der Waals surface area (Å²) < 4.78 is 33.9. The van der Waals surface area contributed by atoms with Crippen molar-refractivity contribution in [2.45, 2.75) is 58.3 Å². The van der Waals surface area contributed by atoms with Crippen molar-refractivity contribution in [3.05, 3.63) is 29.8 Å². The Hall–Kier alpha value is -2.18. The third kappa shape index (κ3) is 5.69. The second-order valence-electron chi connectivity index (χ2n) is 6.33. The summed E-state index contributed by atoms with van der Waals surface area (Å²) >= 11 is 0. The van der Waals surface area contributed by atoms with E-state index in [0.717, 1.165) is 31.7 Å². The highest BCUT2D eigenvalue weighted by Gasteiger charge is 2.26. The monoisotopic (exact) mass is 355 g/mol. The molecule has 3 unspecified atom stereocenters. The van der Waals surface area contributed by atoms with Crippen molar-refractivity contribution in [3.63, 3.8) is 0 Å². The summed E-state index contributed by atoms with van der Waals surface area (Å²) in [6.45, 7) is 0.601. The summed E-state index contributed by atoms with van der Waals surface area (Å²) in [5.41, 5.74) is 0.0452. The molecule has 138 valence electrons. The van der Waals surface area contributed by atoms with E-state index in [-0.39, 0.29) is 23.3 Å². The second-order valence-corrected chi connectivity index (χ2v) is 6.33. The minimum atomic E-state index is -2.98. The predicted octanol–water partition coefficient (Wildman–Crippen LogP) is 3.53. The molecule has 0 bridgehead atoms. The van der Waals surface area contributed by atoms with Gasteiger partial charge in [-0.05, 0) is 43.9 Å². The smallest absolute Gasteiger partial charge is 0.387 e. The zero-order valence-electron chi connectivity index (χ0n) is 14.3. The van der Waals surface area contributed by atoms with Crippen molar-refractivity contribution < 1.29 is 27.8 Å². The maximum atomic E-state index is 12.2. The van der Waals surface area contributed by atoms with Gasteiger partial charge in [-0.25, -0.2) is 4.79 Å². The molecule has 1 fully saturated rings. The number of hydrogen-bond donors (Lipinski definition) is 1. The SMILES string of the molecule is CC(OC(=O)c1cccc(OC(F)F)c1)C(=O)NC1CCCCC1C. The molecule has 1 aromatic rings. The van der Waals surface area contributed by atoms with Gasteiger partial charge in [0.2, 0.25) is 0 Å². The minimum Gasteiger partial charge on any atom is -0.449 e. The number of carbonyl (C=O) groups excluding carboxylic acids is 2. The molecular weight excluding hydrogens is 332 g/mol. The van der Waals surface area contributed by atoms with Crippen LogP contribution in [0.2, 0.25) is 0 Å². The molecule has 1 saturated carbocycles. The molecule has 1 amide bonds. The highest BCUT2D eigenvalue weighted by molar-refractivity contribution is 5.92. The lowest BCUT2D eigenvalue weighted by molar-refractivity contribution is -0.130. The normalized spacial score (nSPS) is 21.5. The molecule has 2 rings (SSSR count). The van der Waals surface area contributed by atoms with Gasteiger partial charge in [-0.15, -0.1) is 0 Å². The molecular formula is C18H23F2NO4. The molecule has 1 aliphatic carbocycles. The summed E-state index contributed by atoms with van der Waals surface area (Å²) in [5, 5.41) is 2.92. The van der Waals surface area contributed by atoms with Gasteiger partial charge in [0.05, 0.1) is 5.56 Å². The van der Waals surface area contributed by atoms with Crippen LogP contribution in [0, 0.1) is 5.92 Å². The number of benzene rings is 1. The Kier molecular flexibility index (Phi) is 6.73. The van der Waals surface area contributed by atoms with Crippen LogP contribution in [0.4, 0.5) is 8.78 Å². The summed E-state index contributed by atoms with van der Waals surface area (Å²) in [4.78, 5) is 24.3. The first kappa shape index (κ1) is 19.1. The summed E-state index contributed by atoms with van der Waals surface area (Å²) in [5.74, 6) is -0.868. The van der Waals surface area contributed by atoms with Crippen LogP contribution in [0.1, 0.15) is 49.9 Å². The van der Waals surface area contributed by atoms with Crippen molar-refractivity contribution in [2.24, 2.45) is 5.92 Å². The van der Waals surface area contributed by atoms with Crippen LogP contribution in [-0.4, -0.2) is 30.6 Å². The van der Waals surface area contributed by atoms with E-state index in [9.17, 15) is 18.4 Å². The van der Waals surface area contributed by atoms with Gasteiger partial charge < -0.3 is 14.8 Å². The maximum absolute atomic E-state index is 12.2. The summed E-state index contributed by atoms with van der Waals surface area (Å²) in [7, 11) is 0. The fourth-order valence-corrected chi connectivity index (χ4v) is 2.91. The molecule has 0 aliphatic heterocycles. The van der Waals surface area contributed by atoms with Crippen LogP contribution in [0.5, 0.6) is 5.75 Å². The molecule has 0 saturated heterocycles. The minimum absolute atomic E-state index is 0.0452. The van der Waals surface area contributed by atoms with Crippen molar-refractivity contribution in [1.29, 1.82) is 0 Å². The molecule has 25 heavy (non-hydrogen) atoms. The first-order valence-corrected chi connectivity index (χ1v) is 8.43. The third-order valence-corrected chi connectivity index (χ3v) is 4.39. The number of ether oxygens (including phenoxy) is 2. The Morgan fingerprint density at radius 1 is 1.24 bits per heavy atom. The summed E-state index contributed by atoms with van der Waals surface area (Å²) in [6, 6.07) is 5.37. The Morgan fingerprint density at radius 2 is 1.96 bits per heavy atom. The molecule has 1 aromatic carbocycles. The van der Waals surface area contributed by atoms with E-state index < -0.39 is 18.7 Å². The number of halogens is 2. The zero-order chi connectivity index (χ0) is 18.4. The summed E-state index contributed by atoms with van der Waals surface area (Å²) in [6.07, 6.45) is 3.24.